The van der Waals surface area contributed by atoms with Crippen molar-refractivity contribution in [3.8, 4) is 0 Å². The summed E-state index contributed by atoms with van der Waals surface area (Å²) in [7, 11) is 0. The second-order valence-electron chi connectivity index (χ2n) is 3.88. The minimum absolute atomic E-state index is 0.126. The Hall–Kier alpha value is -1.31. The lowest BCUT2D eigenvalue weighted by molar-refractivity contribution is -0.146. The maximum absolute atomic E-state index is 11.8. The average Bonchev–Trinajstić information content (AvgIpc) is 2.19. The van der Waals surface area contributed by atoms with Gasteiger partial charge in [0.15, 0.2) is 0 Å². The number of ether oxygens (including phenoxy) is 1. The van der Waals surface area contributed by atoms with Gasteiger partial charge >= 0.3 is 5.97 Å². The third-order valence-electron chi connectivity index (χ3n) is 2.37. The summed E-state index contributed by atoms with van der Waals surface area (Å²) in [6.45, 7) is 6.35. The zero-order valence-corrected chi connectivity index (χ0v) is 9.57. The van der Waals surface area contributed by atoms with Gasteiger partial charge in [0.2, 0.25) is 0 Å². The first-order chi connectivity index (χ1) is 7.16. The SMILES string of the molecule is CCOC(=O)[C@@H](c1ccccc1)C(C)C. The quantitative estimate of drug-likeness (QED) is 0.708. The van der Waals surface area contributed by atoms with Crippen LogP contribution in [-0.4, -0.2) is 12.6 Å². The zero-order valence-electron chi connectivity index (χ0n) is 9.57. The number of carbonyl (C=O) groups is 1. The van der Waals surface area contributed by atoms with E-state index in [4.69, 9.17) is 4.74 Å². The van der Waals surface area contributed by atoms with Crippen molar-refractivity contribution < 1.29 is 9.53 Å². The van der Waals surface area contributed by atoms with Crippen molar-refractivity contribution in [3.05, 3.63) is 35.9 Å². The zero-order chi connectivity index (χ0) is 11.3. The molecule has 0 aromatic heterocycles. The lowest BCUT2D eigenvalue weighted by atomic mass is 9.88. The van der Waals surface area contributed by atoms with Crippen LogP contribution in [0.15, 0.2) is 30.3 Å². The second-order valence-corrected chi connectivity index (χ2v) is 3.88. The molecule has 2 heteroatoms. The van der Waals surface area contributed by atoms with Gasteiger partial charge in [0.1, 0.15) is 0 Å². The van der Waals surface area contributed by atoms with Crippen LogP contribution in [0.2, 0.25) is 0 Å². The fourth-order valence-corrected chi connectivity index (χ4v) is 1.69. The van der Waals surface area contributed by atoms with Crippen molar-refractivity contribution in [1.29, 1.82) is 0 Å². The fraction of sp³-hybridized carbons (Fsp3) is 0.462. The highest BCUT2D eigenvalue weighted by molar-refractivity contribution is 5.78. The van der Waals surface area contributed by atoms with E-state index in [2.05, 4.69) is 0 Å². The van der Waals surface area contributed by atoms with Crippen LogP contribution in [0.1, 0.15) is 32.3 Å². The second kappa shape index (κ2) is 5.54. The number of rotatable bonds is 4. The molecule has 15 heavy (non-hydrogen) atoms. The highest BCUT2D eigenvalue weighted by Crippen LogP contribution is 2.25. The summed E-state index contributed by atoms with van der Waals surface area (Å²) < 4.78 is 5.08. The molecule has 0 unspecified atom stereocenters. The number of hydrogen-bond acceptors (Lipinski definition) is 2. The highest BCUT2D eigenvalue weighted by atomic mass is 16.5. The van der Waals surface area contributed by atoms with Crippen molar-refractivity contribution >= 4 is 5.97 Å². The van der Waals surface area contributed by atoms with Gasteiger partial charge in [-0.2, -0.15) is 0 Å². The summed E-state index contributed by atoms with van der Waals surface area (Å²) >= 11 is 0. The number of esters is 1. The van der Waals surface area contributed by atoms with E-state index in [1.807, 2.05) is 51.1 Å². The smallest absolute Gasteiger partial charge is 0.313 e. The highest BCUT2D eigenvalue weighted by Gasteiger charge is 2.24. The van der Waals surface area contributed by atoms with E-state index in [0.717, 1.165) is 5.56 Å². The van der Waals surface area contributed by atoms with Gasteiger partial charge in [-0.25, -0.2) is 0 Å². The van der Waals surface area contributed by atoms with E-state index in [-0.39, 0.29) is 17.8 Å². The van der Waals surface area contributed by atoms with Crippen molar-refractivity contribution in [2.24, 2.45) is 5.92 Å². The summed E-state index contributed by atoms with van der Waals surface area (Å²) in [4.78, 5) is 11.8. The lowest BCUT2D eigenvalue weighted by Gasteiger charge is -2.19. The molecule has 0 heterocycles. The monoisotopic (exact) mass is 206 g/mol. The van der Waals surface area contributed by atoms with Crippen LogP contribution >= 0.6 is 0 Å². The molecule has 0 N–H and O–H groups in total. The molecule has 0 aliphatic rings. The molecule has 1 atom stereocenters. The number of carbonyl (C=O) groups excluding carboxylic acids is 1. The molecule has 1 rings (SSSR count). The predicted molar refractivity (Wildman–Crippen MR) is 60.7 cm³/mol. The minimum Gasteiger partial charge on any atom is -0.466 e. The molecule has 0 fully saturated rings. The van der Waals surface area contributed by atoms with Gasteiger partial charge in [-0.3, -0.25) is 4.79 Å². The number of hydrogen-bond donors (Lipinski definition) is 0. The van der Waals surface area contributed by atoms with E-state index in [9.17, 15) is 4.79 Å². The Morgan fingerprint density at radius 2 is 1.87 bits per heavy atom. The van der Waals surface area contributed by atoms with E-state index in [1.165, 1.54) is 0 Å². The molecule has 0 spiro atoms. The van der Waals surface area contributed by atoms with Gasteiger partial charge in [-0.15, -0.1) is 0 Å². The van der Waals surface area contributed by atoms with Crippen molar-refractivity contribution in [2.75, 3.05) is 6.61 Å². The largest absolute Gasteiger partial charge is 0.466 e. The Kier molecular flexibility index (Phi) is 4.35. The molecule has 0 saturated heterocycles. The molecule has 0 aliphatic heterocycles. The molecule has 0 aliphatic carbocycles. The first-order valence-corrected chi connectivity index (χ1v) is 5.38. The molecule has 1 aromatic carbocycles. The molecule has 0 saturated carbocycles. The topological polar surface area (TPSA) is 26.3 Å². The summed E-state index contributed by atoms with van der Waals surface area (Å²) in [5.74, 6) is -0.0173. The molecule has 0 amide bonds. The molecule has 1 aromatic rings. The van der Waals surface area contributed by atoms with Gasteiger partial charge in [0, 0.05) is 0 Å². The Labute approximate surface area is 91.3 Å². The third-order valence-corrected chi connectivity index (χ3v) is 2.37. The third kappa shape index (κ3) is 3.08. The van der Waals surface area contributed by atoms with E-state index in [0.29, 0.717) is 6.61 Å². The normalized spacial score (nSPS) is 12.5. The summed E-state index contributed by atoms with van der Waals surface area (Å²) in [5.41, 5.74) is 1.03. The first-order valence-electron chi connectivity index (χ1n) is 5.38. The predicted octanol–water partition coefficient (Wildman–Crippen LogP) is 2.99. The standard InChI is InChI=1S/C13H18O2/c1-4-15-13(14)12(10(2)3)11-8-6-5-7-9-11/h5-10,12H,4H2,1-3H3/t12-/m1/s1. The van der Waals surface area contributed by atoms with Crippen molar-refractivity contribution in [1.82, 2.24) is 0 Å². The van der Waals surface area contributed by atoms with Gasteiger partial charge in [-0.1, -0.05) is 44.2 Å². The maximum atomic E-state index is 11.8. The Morgan fingerprint density at radius 3 is 2.33 bits per heavy atom. The minimum atomic E-state index is -0.147. The van der Waals surface area contributed by atoms with Crippen LogP contribution in [-0.2, 0) is 9.53 Å². The van der Waals surface area contributed by atoms with Crippen molar-refractivity contribution in [3.63, 3.8) is 0 Å². The molecule has 0 radical (unpaired) electrons. The van der Waals surface area contributed by atoms with E-state index < -0.39 is 0 Å². The van der Waals surface area contributed by atoms with Gasteiger partial charge < -0.3 is 4.74 Å². The molecule has 0 bridgehead atoms. The van der Waals surface area contributed by atoms with Crippen LogP contribution in [0.4, 0.5) is 0 Å². The van der Waals surface area contributed by atoms with Crippen molar-refractivity contribution in [2.45, 2.75) is 26.7 Å². The molecule has 82 valence electrons. The van der Waals surface area contributed by atoms with Crippen LogP contribution in [0.5, 0.6) is 0 Å². The van der Waals surface area contributed by atoms with Gasteiger partial charge in [0.25, 0.3) is 0 Å². The maximum Gasteiger partial charge on any atom is 0.313 e. The first kappa shape index (κ1) is 11.8. The number of benzene rings is 1. The Balaban J connectivity index is 2.88. The van der Waals surface area contributed by atoms with Crippen LogP contribution in [0.25, 0.3) is 0 Å². The Bertz CT molecular complexity index is 304. The van der Waals surface area contributed by atoms with Crippen LogP contribution in [0.3, 0.4) is 0 Å². The van der Waals surface area contributed by atoms with Crippen LogP contribution in [0, 0.1) is 5.92 Å². The molecular formula is C13H18O2. The Morgan fingerprint density at radius 1 is 1.27 bits per heavy atom. The lowest BCUT2D eigenvalue weighted by Crippen LogP contribution is -2.20. The molecular weight excluding hydrogens is 188 g/mol. The van der Waals surface area contributed by atoms with E-state index >= 15 is 0 Å². The summed E-state index contributed by atoms with van der Waals surface area (Å²) in [5, 5.41) is 0. The summed E-state index contributed by atoms with van der Waals surface area (Å²) in [6.07, 6.45) is 0. The van der Waals surface area contributed by atoms with Gasteiger partial charge in [0.05, 0.1) is 12.5 Å². The summed E-state index contributed by atoms with van der Waals surface area (Å²) in [6, 6.07) is 9.79. The van der Waals surface area contributed by atoms with E-state index in [1.54, 1.807) is 0 Å². The van der Waals surface area contributed by atoms with Gasteiger partial charge in [-0.05, 0) is 18.4 Å². The average molecular weight is 206 g/mol. The van der Waals surface area contributed by atoms with Crippen LogP contribution < -0.4 is 0 Å². The molecule has 2 nitrogen and oxygen atoms in total. The fourth-order valence-electron chi connectivity index (χ4n) is 1.69.